The number of anilines is 1. The Morgan fingerprint density at radius 3 is 2.43 bits per heavy atom. The molecule has 3 nitrogen and oxygen atoms in total. The van der Waals surface area contributed by atoms with E-state index >= 15 is 0 Å². The van der Waals surface area contributed by atoms with Gasteiger partial charge in [0.05, 0.1) is 28.1 Å². The number of aryl methyl sites for hydroxylation is 2. The van der Waals surface area contributed by atoms with E-state index in [0.29, 0.717) is 16.0 Å². The zero-order valence-electron chi connectivity index (χ0n) is 17.7. The molecule has 1 aliphatic rings. The van der Waals surface area contributed by atoms with Gasteiger partial charge in [-0.1, -0.05) is 74.7 Å². The lowest BCUT2D eigenvalue weighted by Crippen LogP contribution is -2.19. The molecule has 30 heavy (non-hydrogen) atoms. The first-order chi connectivity index (χ1) is 14.5. The molecule has 2 atom stereocenters. The van der Waals surface area contributed by atoms with Gasteiger partial charge >= 0.3 is 0 Å². The lowest BCUT2D eigenvalue weighted by Gasteiger charge is -2.24. The van der Waals surface area contributed by atoms with Gasteiger partial charge in [0.2, 0.25) is 0 Å². The van der Waals surface area contributed by atoms with Crippen molar-refractivity contribution >= 4 is 29.0 Å². The smallest absolute Gasteiger partial charge is 0.148 e. The summed E-state index contributed by atoms with van der Waals surface area (Å²) < 4.78 is 0. The normalized spacial score (nSPS) is 17.8. The minimum Gasteiger partial charge on any atom is -0.361 e. The fourth-order valence-corrected chi connectivity index (χ4v) is 4.91. The highest BCUT2D eigenvalue weighted by Gasteiger charge is 2.32. The maximum absolute atomic E-state index is 6.49. The largest absolute Gasteiger partial charge is 0.361 e. The SMILES string of the molecule is CCc1nc(-c2ccc(Cl)cc2Cl)c(CC)nc1N[C@@H]1c2ccccc2C[C@H]1CC. The molecule has 0 unspecified atom stereocenters. The third kappa shape index (κ3) is 3.93. The van der Waals surface area contributed by atoms with Gasteiger partial charge in [-0.2, -0.15) is 0 Å². The average molecular weight is 440 g/mol. The van der Waals surface area contributed by atoms with Gasteiger partial charge in [0, 0.05) is 10.6 Å². The van der Waals surface area contributed by atoms with Crippen LogP contribution in [0.25, 0.3) is 11.3 Å². The molecular formula is C25H27Cl2N3. The van der Waals surface area contributed by atoms with E-state index < -0.39 is 0 Å². The fourth-order valence-electron chi connectivity index (χ4n) is 4.41. The van der Waals surface area contributed by atoms with E-state index in [0.717, 1.165) is 54.1 Å². The molecule has 1 aliphatic carbocycles. The highest BCUT2D eigenvalue weighted by atomic mass is 35.5. The fraction of sp³-hybridized carbons (Fsp3) is 0.360. The molecule has 0 saturated heterocycles. The highest BCUT2D eigenvalue weighted by Crippen LogP contribution is 2.41. The number of halogens is 2. The van der Waals surface area contributed by atoms with Gasteiger partial charge in [0.25, 0.3) is 0 Å². The van der Waals surface area contributed by atoms with Gasteiger partial charge < -0.3 is 5.32 Å². The van der Waals surface area contributed by atoms with Crippen LogP contribution >= 0.6 is 23.2 Å². The van der Waals surface area contributed by atoms with Crippen molar-refractivity contribution in [2.24, 2.45) is 5.92 Å². The number of nitrogens with one attached hydrogen (secondary N) is 1. The summed E-state index contributed by atoms with van der Waals surface area (Å²) in [4.78, 5) is 10.1. The first-order valence-electron chi connectivity index (χ1n) is 10.7. The van der Waals surface area contributed by atoms with Gasteiger partial charge in [-0.15, -0.1) is 0 Å². The topological polar surface area (TPSA) is 37.8 Å². The molecule has 0 aliphatic heterocycles. The molecule has 0 saturated carbocycles. The van der Waals surface area contributed by atoms with Crippen molar-refractivity contribution in [3.05, 3.63) is 75.0 Å². The molecule has 0 radical (unpaired) electrons. The molecule has 2 aromatic carbocycles. The molecule has 5 heteroatoms. The van der Waals surface area contributed by atoms with E-state index in [4.69, 9.17) is 33.2 Å². The van der Waals surface area contributed by atoms with Gasteiger partial charge in [0.15, 0.2) is 0 Å². The Morgan fingerprint density at radius 2 is 1.73 bits per heavy atom. The number of nitrogens with zero attached hydrogens (tertiary/aromatic N) is 2. The molecule has 0 amide bonds. The van der Waals surface area contributed by atoms with Crippen LogP contribution in [0.5, 0.6) is 0 Å². The summed E-state index contributed by atoms with van der Waals surface area (Å²) in [6, 6.07) is 14.5. The lowest BCUT2D eigenvalue weighted by molar-refractivity contribution is 0.474. The first-order valence-corrected chi connectivity index (χ1v) is 11.5. The monoisotopic (exact) mass is 439 g/mol. The van der Waals surface area contributed by atoms with Crippen molar-refractivity contribution < 1.29 is 0 Å². The summed E-state index contributed by atoms with van der Waals surface area (Å²) >= 11 is 12.6. The molecule has 0 bridgehead atoms. The Balaban J connectivity index is 1.76. The van der Waals surface area contributed by atoms with Crippen LogP contribution < -0.4 is 5.32 Å². The molecule has 0 fully saturated rings. The van der Waals surface area contributed by atoms with Crippen molar-refractivity contribution in [2.75, 3.05) is 5.32 Å². The highest BCUT2D eigenvalue weighted by molar-refractivity contribution is 6.36. The Labute approximate surface area is 188 Å². The number of hydrogen-bond donors (Lipinski definition) is 1. The minimum absolute atomic E-state index is 0.264. The molecule has 1 heterocycles. The molecule has 0 spiro atoms. The molecule has 1 aromatic heterocycles. The molecular weight excluding hydrogens is 413 g/mol. The molecule has 1 N–H and O–H groups in total. The maximum Gasteiger partial charge on any atom is 0.148 e. The average Bonchev–Trinajstić information content (AvgIpc) is 3.11. The van der Waals surface area contributed by atoms with Crippen LogP contribution in [0.15, 0.2) is 42.5 Å². The summed E-state index contributed by atoms with van der Waals surface area (Å²) in [7, 11) is 0. The number of hydrogen-bond acceptors (Lipinski definition) is 3. The first kappa shape index (κ1) is 21.1. The lowest BCUT2D eigenvalue weighted by atomic mass is 9.97. The van der Waals surface area contributed by atoms with Crippen molar-refractivity contribution in [1.82, 2.24) is 9.97 Å². The maximum atomic E-state index is 6.49. The van der Waals surface area contributed by atoms with Crippen LogP contribution in [-0.2, 0) is 19.3 Å². The Kier molecular flexibility index (Phi) is 6.31. The summed E-state index contributed by atoms with van der Waals surface area (Å²) in [5, 5.41) is 4.99. The number of fused-ring (bicyclic) bond motifs is 1. The predicted octanol–water partition coefficient (Wildman–Crippen LogP) is 7.31. The van der Waals surface area contributed by atoms with Crippen molar-refractivity contribution in [2.45, 2.75) is 52.5 Å². The van der Waals surface area contributed by atoms with Crippen LogP contribution in [-0.4, -0.2) is 9.97 Å². The molecule has 156 valence electrons. The summed E-state index contributed by atoms with van der Waals surface area (Å²) in [6.45, 7) is 6.49. The van der Waals surface area contributed by atoms with Crippen LogP contribution in [0.3, 0.4) is 0 Å². The Bertz CT molecular complexity index is 1060. The van der Waals surface area contributed by atoms with E-state index in [1.54, 1.807) is 6.07 Å². The Morgan fingerprint density at radius 1 is 0.967 bits per heavy atom. The summed E-state index contributed by atoms with van der Waals surface area (Å²) in [5.74, 6) is 1.45. The zero-order valence-corrected chi connectivity index (χ0v) is 19.2. The van der Waals surface area contributed by atoms with Crippen molar-refractivity contribution in [1.29, 1.82) is 0 Å². The van der Waals surface area contributed by atoms with Gasteiger partial charge in [-0.25, -0.2) is 9.97 Å². The van der Waals surface area contributed by atoms with Gasteiger partial charge in [0.1, 0.15) is 5.82 Å². The van der Waals surface area contributed by atoms with Crippen LogP contribution in [0, 0.1) is 5.92 Å². The van der Waals surface area contributed by atoms with Crippen LogP contribution in [0.4, 0.5) is 5.82 Å². The van der Waals surface area contributed by atoms with Gasteiger partial charge in [-0.05, 0) is 54.5 Å². The van der Waals surface area contributed by atoms with E-state index in [2.05, 4.69) is 50.4 Å². The van der Waals surface area contributed by atoms with Crippen LogP contribution in [0.2, 0.25) is 10.0 Å². The number of benzene rings is 2. The molecule has 4 rings (SSSR count). The van der Waals surface area contributed by atoms with E-state index in [-0.39, 0.29) is 6.04 Å². The second kappa shape index (κ2) is 8.95. The van der Waals surface area contributed by atoms with Crippen molar-refractivity contribution in [3.8, 4) is 11.3 Å². The molecule has 3 aromatic rings. The van der Waals surface area contributed by atoms with Crippen molar-refractivity contribution in [3.63, 3.8) is 0 Å². The Hall–Kier alpha value is -2.10. The summed E-state index contributed by atoms with van der Waals surface area (Å²) in [5.41, 5.74) is 6.46. The van der Waals surface area contributed by atoms with Crippen LogP contribution in [0.1, 0.15) is 55.7 Å². The summed E-state index contributed by atoms with van der Waals surface area (Å²) in [6.07, 6.45) is 3.81. The van der Waals surface area contributed by atoms with Gasteiger partial charge in [-0.3, -0.25) is 0 Å². The second-order valence-electron chi connectivity index (χ2n) is 7.84. The third-order valence-electron chi connectivity index (χ3n) is 6.06. The van der Waals surface area contributed by atoms with E-state index in [1.807, 2.05) is 12.1 Å². The second-order valence-corrected chi connectivity index (χ2v) is 8.68. The zero-order chi connectivity index (χ0) is 21.3. The minimum atomic E-state index is 0.264. The third-order valence-corrected chi connectivity index (χ3v) is 6.60. The quantitative estimate of drug-likeness (QED) is 0.437. The standard InChI is InChI=1S/C25H27Cl2N3/c1-4-15-13-16-9-7-8-10-18(16)23(15)30-25-22(6-3)28-24(21(5-2)29-25)19-12-11-17(26)14-20(19)27/h7-12,14-15,23H,4-6,13H2,1-3H3,(H,29,30)/t15-,23+/m1/s1. The van der Waals surface area contributed by atoms with E-state index in [1.165, 1.54) is 11.1 Å². The number of rotatable bonds is 6. The predicted molar refractivity (Wildman–Crippen MR) is 127 cm³/mol. The van der Waals surface area contributed by atoms with E-state index in [9.17, 15) is 0 Å². The number of aromatic nitrogens is 2.